The molecule has 3 fully saturated rings. The summed E-state index contributed by atoms with van der Waals surface area (Å²) in [5.41, 5.74) is 0. The molecule has 2 atom stereocenters. The number of ether oxygens (including phenoxy) is 1. The zero-order valence-electron chi connectivity index (χ0n) is 9.97. The van der Waals surface area contributed by atoms with Crippen LogP contribution in [0.25, 0.3) is 0 Å². The molecule has 0 radical (unpaired) electrons. The lowest BCUT2D eigenvalue weighted by Crippen LogP contribution is -2.41. The van der Waals surface area contributed by atoms with Crippen LogP contribution in [0.5, 0.6) is 0 Å². The lowest BCUT2D eigenvalue weighted by atomic mass is 10.0. The van der Waals surface area contributed by atoms with E-state index in [4.69, 9.17) is 4.74 Å². The zero-order valence-corrected chi connectivity index (χ0v) is 10.8. The molecule has 3 heterocycles. The third-order valence-corrected chi connectivity index (χ3v) is 6.64. The molecular weight excluding hydrogens is 240 g/mol. The van der Waals surface area contributed by atoms with E-state index < -0.39 is 10.0 Å². The van der Waals surface area contributed by atoms with E-state index in [1.165, 1.54) is 0 Å². The van der Waals surface area contributed by atoms with Gasteiger partial charge in [-0.3, -0.25) is 0 Å². The van der Waals surface area contributed by atoms with Crippen molar-refractivity contribution in [3.8, 4) is 0 Å². The van der Waals surface area contributed by atoms with Crippen molar-refractivity contribution in [3.05, 3.63) is 0 Å². The summed E-state index contributed by atoms with van der Waals surface area (Å²) in [7, 11) is -3.08. The van der Waals surface area contributed by atoms with Crippen LogP contribution in [0.3, 0.4) is 0 Å². The van der Waals surface area contributed by atoms with Crippen LogP contribution in [0.15, 0.2) is 0 Å². The van der Waals surface area contributed by atoms with E-state index in [1.54, 1.807) is 4.31 Å². The van der Waals surface area contributed by atoms with Gasteiger partial charge in [0.15, 0.2) is 0 Å². The normalized spacial score (nSPS) is 36.2. The Bertz CT molecular complexity index is 366. The van der Waals surface area contributed by atoms with Gasteiger partial charge >= 0.3 is 0 Å². The van der Waals surface area contributed by atoms with Crippen LogP contribution in [0.1, 0.15) is 12.8 Å². The number of rotatable bonds is 2. The van der Waals surface area contributed by atoms with E-state index >= 15 is 0 Å². The highest BCUT2D eigenvalue weighted by Crippen LogP contribution is 2.31. The Labute approximate surface area is 103 Å². The minimum atomic E-state index is -3.08. The van der Waals surface area contributed by atoms with E-state index in [0.717, 1.165) is 26.2 Å². The van der Waals surface area contributed by atoms with Gasteiger partial charge < -0.3 is 10.1 Å². The molecule has 1 N–H and O–H groups in total. The van der Waals surface area contributed by atoms with Crippen LogP contribution in [-0.2, 0) is 14.8 Å². The van der Waals surface area contributed by atoms with Crippen molar-refractivity contribution in [2.24, 2.45) is 11.8 Å². The zero-order chi connectivity index (χ0) is 11.9. The average molecular weight is 260 g/mol. The maximum Gasteiger partial charge on any atom is 0.217 e. The van der Waals surface area contributed by atoms with E-state index in [9.17, 15) is 8.42 Å². The fraction of sp³-hybridized carbons (Fsp3) is 1.00. The number of fused-ring (bicyclic) bond motifs is 1. The van der Waals surface area contributed by atoms with E-state index in [-0.39, 0.29) is 5.25 Å². The van der Waals surface area contributed by atoms with Gasteiger partial charge in [-0.2, -0.15) is 0 Å². The van der Waals surface area contributed by atoms with E-state index in [0.29, 0.717) is 37.9 Å². The third kappa shape index (κ3) is 2.12. The van der Waals surface area contributed by atoms with Gasteiger partial charge in [0, 0.05) is 26.3 Å². The Balaban J connectivity index is 1.70. The average Bonchev–Trinajstić information content (AvgIpc) is 2.90. The fourth-order valence-electron chi connectivity index (χ4n) is 3.20. The highest BCUT2D eigenvalue weighted by molar-refractivity contribution is 7.89. The Morgan fingerprint density at radius 1 is 1.06 bits per heavy atom. The molecule has 0 unspecified atom stereocenters. The van der Waals surface area contributed by atoms with Crippen LogP contribution < -0.4 is 5.32 Å². The van der Waals surface area contributed by atoms with Gasteiger partial charge in [-0.05, 0) is 37.8 Å². The number of nitrogens with zero attached hydrogens (tertiary/aromatic N) is 1. The minimum Gasteiger partial charge on any atom is -0.381 e. The summed E-state index contributed by atoms with van der Waals surface area (Å²) in [5.74, 6) is 1.06. The number of nitrogens with one attached hydrogen (secondary N) is 1. The van der Waals surface area contributed by atoms with Crippen LogP contribution >= 0.6 is 0 Å². The van der Waals surface area contributed by atoms with Gasteiger partial charge in [0.2, 0.25) is 10.0 Å². The molecule has 0 aromatic carbocycles. The monoisotopic (exact) mass is 260 g/mol. The number of hydrogen-bond donors (Lipinski definition) is 1. The largest absolute Gasteiger partial charge is 0.381 e. The van der Waals surface area contributed by atoms with Gasteiger partial charge in [-0.25, -0.2) is 12.7 Å². The molecule has 0 aliphatic carbocycles. The topological polar surface area (TPSA) is 58.6 Å². The van der Waals surface area contributed by atoms with Gasteiger partial charge in [0.25, 0.3) is 0 Å². The second kappa shape index (κ2) is 4.50. The highest BCUT2D eigenvalue weighted by atomic mass is 32.2. The number of sulfonamides is 1. The quantitative estimate of drug-likeness (QED) is 0.737. The molecule has 3 aliphatic rings. The fourth-order valence-corrected chi connectivity index (χ4v) is 5.21. The molecular formula is C11H20N2O3S. The van der Waals surface area contributed by atoms with Crippen molar-refractivity contribution in [1.29, 1.82) is 0 Å². The summed E-state index contributed by atoms with van der Waals surface area (Å²) in [6.45, 7) is 4.57. The summed E-state index contributed by atoms with van der Waals surface area (Å²) in [5, 5.41) is 3.13. The van der Waals surface area contributed by atoms with E-state index in [2.05, 4.69) is 5.32 Å². The third-order valence-electron chi connectivity index (χ3n) is 4.31. The number of hydrogen-bond acceptors (Lipinski definition) is 4. The molecule has 0 bridgehead atoms. The smallest absolute Gasteiger partial charge is 0.217 e. The van der Waals surface area contributed by atoms with Gasteiger partial charge in [-0.1, -0.05) is 0 Å². The summed E-state index contributed by atoms with van der Waals surface area (Å²) in [6.07, 6.45) is 1.32. The predicted octanol–water partition coefficient (Wildman–Crippen LogP) is -0.354. The van der Waals surface area contributed by atoms with Crippen LogP contribution in [0.4, 0.5) is 0 Å². The molecule has 0 amide bonds. The highest BCUT2D eigenvalue weighted by Gasteiger charge is 2.43. The van der Waals surface area contributed by atoms with Gasteiger partial charge in [-0.15, -0.1) is 0 Å². The molecule has 3 rings (SSSR count). The first-order valence-corrected chi connectivity index (χ1v) is 7.95. The summed E-state index contributed by atoms with van der Waals surface area (Å²) in [6, 6.07) is 0. The second-order valence-corrected chi connectivity index (χ2v) is 7.57. The Morgan fingerprint density at radius 2 is 1.65 bits per heavy atom. The molecule has 3 saturated heterocycles. The van der Waals surface area contributed by atoms with Crippen LogP contribution in [0.2, 0.25) is 0 Å². The maximum absolute atomic E-state index is 12.5. The summed E-state index contributed by atoms with van der Waals surface area (Å²) < 4.78 is 31.9. The van der Waals surface area contributed by atoms with Gasteiger partial charge in [0.1, 0.15) is 0 Å². The molecule has 5 nitrogen and oxygen atoms in total. The molecule has 0 spiro atoms. The van der Waals surface area contributed by atoms with Crippen molar-refractivity contribution in [2.45, 2.75) is 18.1 Å². The molecule has 17 heavy (non-hydrogen) atoms. The summed E-state index contributed by atoms with van der Waals surface area (Å²) in [4.78, 5) is 0. The van der Waals surface area contributed by atoms with Crippen molar-refractivity contribution in [2.75, 3.05) is 39.4 Å². The molecule has 0 aromatic heterocycles. The van der Waals surface area contributed by atoms with Crippen molar-refractivity contribution in [1.82, 2.24) is 9.62 Å². The molecule has 98 valence electrons. The van der Waals surface area contributed by atoms with Crippen molar-refractivity contribution in [3.63, 3.8) is 0 Å². The Morgan fingerprint density at radius 3 is 2.24 bits per heavy atom. The summed E-state index contributed by atoms with van der Waals surface area (Å²) >= 11 is 0. The molecule has 0 aromatic rings. The second-order valence-electron chi connectivity index (χ2n) is 5.35. The standard InChI is InChI=1S/C11H20N2O3S/c14-17(15,11-1-3-16-4-2-11)13-7-9-5-12-6-10(9)8-13/h9-12H,1-8H2/t9-,10+. The van der Waals surface area contributed by atoms with Crippen molar-refractivity contribution >= 4 is 10.0 Å². The molecule has 6 heteroatoms. The Hall–Kier alpha value is -0.170. The first-order chi connectivity index (χ1) is 8.18. The Kier molecular flexibility index (Phi) is 3.15. The minimum absolute atomic E-state index is 0.206. The van der Waals surface area contributed by atoms with Crippen LogP contribution in [0, 0.1) is 11.8 Å². The molecule has 0 saturated carbocycles. The van der Waals surface area contributed by atoms with E-state index in [1.807, 2.05) is 0 Å². The van der Waals surface area contributed by atoms with Crippen LogP contribution in [-0.4, -0.2) is 57.4 Å². The first-order valence-electron chi connectivity index (χ1n) is 6.45. The maximum atomic E-state index is 12.5. The predicted molar refractivity (Wildman–Crippen MR) is 64.2 cm³/mol. The van der Waals surface area contributed by atoms with Gasteiger partial charge in [0.05, 0.1) is 5.25 Å². The molecule has 3 aliphatic heterocycles. The lowest BCUT2D eigenvalue weighted by Gasteiger charge is -2.27. The first kappa shape index (κ1) is 11.9. The van der Waals surface area contributed by atoms with Crippen molar-refractivity contribution < 1.29 is 13.2 Å². The SMILES string of the molecule is O=S(=O)(C1CCOCC1)N1C[C@H]2CNC[C@H]2C1. The lowest BCUT2D eigenvalue weighted by molar-refractivity contribution is 0.0973.